The smallest absolute Gasteiger partial charge is 0.309 e. The number of aliphatic carboxylic acids is 1. The summed E-state index contributed by atoms with van der Waals surface area (Å²) < 4.78 is 5.80. The van der Waals surface area contributed by atoms with Crippen LogP contribution in [-0.4, -0.2) is 57.0 Å². The van der Waals surface area contributed by atoms with Crippen LogP contribution in [0.1, 0.15) is 38.5 Å². The lowest BCUT2D eigenvalue weighted by molar-refractivity contribution is -0.154. The molecule has 2 aliphatic heterocycles. The van der Waals surface area contributed by atoms with E-state index >= 15 is 0 Å². The van der Waals surface area contributed by atoms with Crippen molar-refractivity contribution in [2.75, 3.05) is 30.3 Å². The average Bonchev–Trinajstić information content (AvgIpc) is 3.11. The summed E-state index contributed by atoms with van der Waals surface area (Å²) in [5.41, 5.74) is 5.67. The Bertz CT molecular complexity index is 793. The highest BCUT2D eigenvalue weighted by molar-refractivity contribution is 5.87. The third kappa shape index (κ3) is 3.07. The number of fused-ring (bicyclic) bond motifs is 1. The summed E-state index contributed by atoms with van der Waals surface area (Å²) >= 11 is 0. The molecule has 2 saturated heterocycles. The van der Waals surface area contributed by atoms with E-state index in [-0.39, 0.29) is 12.1 Å². The molecule has 2 aliphatic rings. The van der Waals surface area contributed by atoms with Gasteiger partial charge in [-0.2, -0.15) is 15.1 Å². The molecule has 1 atom stereocenters. The van der Waals surface area contributed by atoms with E-state index in [1.807, 2.05) is 0 Å². The Morgan fingerprint density at radius 1 is 1.38 bits per heavy atom. The third-order valence-corrected chi connectivity index (χ3v) is 5.67. The number of nitrogens with zero attached hydrogens (tertiary/aromatic N) is 4. The third-order valence-electron chi connectivity index (χ3n) is 5.67. The lowest BCUT2D eigenvalue weighted by Gasteiger charge is -2.41. The zero-order valence-corrected chi connectivity index (χ0v) is 14.6. The summed E-state index contributed by atoms with van der Waals surface area (Å²) in [7, 11) is 0. The molecule has 2 fully saturated rings. The lowest BCUT2D eigenvalue weighted by atomic mass is 9.73. The summed E-state index contributed by atoms with van der Waals surface area (Å²) in [6.45, 7) is 1.96. The summed E-state index contributed by atoms with van der Waals surface area (Å²) in [5.74, 6) is 0.179. The number of aromatic nitrogens is 4. The van der Waals surface area contributed by atoms with Crippen molar-refractivity contribution < 1.29 is 14.6 Å². The van der Waals surface area contributed by atoms with Crippen LogP contribution in [0.15, 0.2) is 6.20 Å². The molecule has 140 valence electrons. The Morgan fingerprint density at radius 3 is 2.88 bits per heavy atom. The van der Waals surface area contributed by atoms with Crippen LogP contribution in [0.5, 0.6) is 0 Å². The predicted octanol–water partition coefficient (Wildman–Crippen LogP) is 1.57. The highest BCUT2D eigenvalue weighted by Crippen LogP contribution is 2.40. The van der Waals surface area contributed by atoms with Crippen molar-refractivity contribution in [3.05, 3.63) is 6.20 Å². The van der Waals surface area contributed by atoms with Crippen LogP contribution in [0, 0.1) is 5.41 Å². The van der Waals surface area contributed by atoms with E-state index < -0.39 is 11.4 Å². The number of piperidine rings is 1. The van der Waals surface area contributed by atoms with Crippen LogP contribution in [0.25, 0.3) is 11.0 Å². The fraction of sp³-hybridized carbons (Fsp3) is 0.647. The molecule has 9 heteroatoms. The molecule has 2 aromatic rings. The van der Waals surface area contributed by atoms with Gasteiger partial charge in [0.15, 0.2) is 5.65 Å². The Balaban J connectivity index is 1.52. The maximum atomic E-state index is 12.1. The van der Waals surface area contributed by atoms with Crippen molar-refractivity contribution in [2.45, 2.75) is 44.6 Å². The highest BCUT2D eigenvalue weighted by atomic mass is 16.5. The number of H-pyrrole nitrogens is 1. The minimum absolute atomic E-state index is 0.0571. The normalized spacial score (nSPS) is 23.2. The molecule has 0 radical (unpaired) electrons. The number of hydrogen-bond donors (Lipinski definition) is 3. The Morgan fingerprint density at radius 2 is 2.19 bits per heavy atom. The van der Waals surface area contributed by atoms with E-state index in [0.29, 0.717) is 43.8 Å². The Kier molecular flexibility index (Phi) is 4.39. The van der Waals surface area contributed by atoms with Gasteiger partial charge < -0.3 is 20.5 Å². The van der Waals surface area contributed by atoms with E-state index in [9.17, 15) is 9.90 Å². The van der Waals surface area contributed by atoms with Gasteiger partial charge in [-0.05, 0) is 38.5 Å². The number of hydrogen-bond acceptors (Lipinski definition) is 7. The first-order valence-electron chi connectivity index (χ1n) is 9.14. The molecule has 1 unspecified atom stereocenters. The number of nitrogen functional groups attached to an aromatic ring is 1. The molecule has 4 heterocycles. The van der Waals surface area contributed by atoms with Gasteiger partial charge in [0.25, 0.3) is 0 Å². The molecular formula is C17H24N6O3. The van der Waals surface area contributed by atoms with Crippen molar-refractivity contribution >= 4 is 28.8 Å². The van der Waals surface area contributed by atoms with Crippen molar-refractivity contribution in [1.82, 2.24) is 20.2 Å². The number of carboxylic acid groups (broad SMARTS) is 1. The summed E-state index contributed by atoms with van der Waals surface area (Å²) in [5, 5.41) is 17.5. The molecule has 0 bridgehead atoms. The molecule has 0 saturated carbocycles. The van der Waals surface area contributed by atoms with Crippen LogP contribution < -0.4 is 10.6 Å². The maximum absolute atomic E-state index is 12.1. The SMILES string of the molecule is Nc1nc(N2CCC(CC3CCCCO3)(C(=O)O)CC2)c2cn[nH]c2n1. The van der Waals surface area contributed by atoms with Crippen LogP contribution in [0.3, 0.4) is 0 Å². The van der Waals surface area contributed by atoms with Gasteiger partial charge >= 0.3 is 5.97 Å². The molecule has 4 rings (SSSR count). The second-order valence-corrected chi connectivity index (χ2v) is 7.30. The zero-order valence-electron chi connectivity index (χ0n) is 14.6. The largest absolute Gasteiger partial charge is 0.481 e. The minimum Gasteiger partial charge on any atom is -0.481 e. The average molecular weight is 360 g/mol. The standard InChI is InChI=1S/C17H24N6O3/c18-16-20-13-12(10-19-22-13)14(21-16)23-6-4-17(5-7-23,15(24)25)9-11-3-1-2-8-26-11/h10-11H,1-9H2,(H,24,25)(H3,18,19,20,21,22). The molecule has 9 nitrogen and oxygen atoms in total. The van der Waals surface area contributed by atoms with Crippen molar-refractivity contribution in [3.63, 3.8) is 0 Å². The number of rotatable bonds is 4. The number of nitrogens with one attached hydrogen (secondary N) is 1. The lowest BCUT2D eigenvalue weighted by Crippen LogP contribution is -2.47. The van der Waals surface area contributed by atoms with Gasteiger partial charge in [0.05, 0.1) is 23.1 Å². The Hall–Kier alpha value is -2.42. The van der Waals surface area contributed by atoms with Crippen LogP contribution >= 0.6 is 0 Å². The van der Waals surface area contributed by atoms with Gasteiger partial charge in [0.1, 0.15) is 5.82 Å². The predicted molar refractivity (Wildman–Crippen MR) is 95.8 cm³/mol. The zero-order chi connectivity index (χ0) is 18.1. The summed E-state index contributed by atoms with van der Waals surface area (Å²) in [4.78, 5) is 22.7. The Labute approximate surface area is 150 Å². The molecule has 0 amide bonds. The van der Waals surface area contributed by atoms with Crippen LogP contribution in [-0.2, 0) is 9.53 Å². The van der Waals surface area contributed by atoms with Crippen LogP contribution in [0.2, 0.25) is 0 Å². The van der Waals surface area contributed by atoms with Gasteiger partial charge in [-0.25, -0.2) is 0 Å². The first kappa shape index (κ1) is 17.0. The molecule has 2 aromatic heterocycles. The van der Waals surface area contributed by atoms with Crippen LogP contribution in [0.4, 0.5) is 11.8 Å². The highest BCUT2D eigenvalue weighted by Gasteiger charge is 2.44. The quantitative estimate of drug-likeness (QED) is 0.749. The number of aromatic amines is 1. The summed E-state index contributed by atoms with van der Waals surface area (Å²) in [6, 6.07) is 0. The van der Waals surface area contributed by atoms with E-state index in [0.717, 1.165) is 31.3 Å². The van der Waals surface area contributed by atoms with Gasteiger partial charge in [-0.15, -0.1) is 0 Å². The first-order chi connectivity index (χ1) is 12.6. The molecule has 4 N–H and O–H groups in total. The molecule has 0 aromatic carbocycles. The number of carbonyl (C=O) groups is 1. The van der Waals surface area contributed by atoms with E-state index in [1.54, 1.807) is 6.20 Å². The number of anilines is 2. The minimum atomic E-state index is -0.730. The van der Waals surface area contributed by atoms with Crippen molar-refractivity contribution in [1.29, 1.82) is 0 Å². The monoisotopic (exact) mass is 360 g/mol. The van der Waals surface area contributed by atoms with Gasteiger partial charge in [-0.3, -0.25) is 9.89 Å². The van der Waals surface area contributed by atoms with Gasteiger partial charge in [-0.1, -0.05) is 0 Å². The molecule has 0 spiro atoms. The van der Waals surface area contributed by atoms with E-state index in [1.165, 1.54) is 0 Å². The van der Waals surface area contributed by atoms with Gasteiger partial charge in [0.2, 0.25) is 5.95 Å². The molecule has 0 aliphatic carbocycles. The number of carboxylic acids is 1. The van der Waals surface area contributed by atoms with Crippen molar-refractivity contribution in [3.8, 4) is 0 Å². The molecular weight excluding hydrogens is 336 g/mol. The van der Waals surface area contributed by atoms with E-state index in [2.05, 4.69) is 25.1 Å². The summed E-state index contributed by atoms with van der Waals surface area (Å²) in [6.07, 6.45) is 6.59. The first-order valence-corrected chi connectivity index (χ1v) is 9.14. The fourth-order valence-corrected chi connectivity index (χ4v) is 4.13. The second-order valence-electron chi connectivity index (χ2n) is 7.30. The topological polar surface area (TPSA) is 130 Å². The number of ether oxygens (including phenoxy) is 1. The molecule has 26 heavy (non-hydrogen) atoms. The maximum Gasteiger partial charge on any atom is 0.309 e. The van der Waals surface area contributed by atoms with Gasteiger partial charge in [0, 0.05) is 19.7 Å². The fourth-order valence-electron chi connectivity index (χ4n) is 4.13. The second kappa shape index (κ2) is 6.71. The van der Waals surface area contributed by atoms with E-state index in [4.69, 9.17) is 10.5 Å². The number of nitrogens with two attached hydrogens (primary N) is 1. The van der Waals surface area contributed by atoms with Crippen molar-refractivity contribution in [2.24, 2.45) is 5.41 Å².